The number of carbonyl (C=O) groups excluding carboxylic acids is 1. The van der Waals surface area contributed by atoms with Crippen LogP contribution in [0.5, 0.6) is 0 Å². The molecule has 3 aliphatic rings. The third-order valence-electron chi connectivity index (χ3n) is 4.39. The molecule has 4 heteroatoms. The van der Waals surface area contributed by atoms with Gasteiger partial charge in [-0.2, -0.15) is 0 Å². The van der Waals surface area contributed by atoms with E-state index >= 15 is 0 Å². The summed E-state index contributed by atoms with van der Waals surface area (Å²) in [6, 6.07) is 0.561. The van der Waals surface area contributed by atoms with Gasteiger partial charge in [-0.05, 0) is 38.1 Å². The number of ether oxygens (including phenoxy) is 1. The van der Waals surface area contributed by atoms with Gasteiger partial charge in [-0.1, -0.05) is 0 Å². The Balaban J connectivity index is 1.49. The molecule has 3 saturated heterocycles. The van der Waals surface area contributed by atoms with Crippen LogP contribution in [0.2, 0.25) is 0 Å². The number of amides is 1. The molecule has 3 rings (SSSR count). The van der Waals surface area contributed by atoms with Crippen LogP contribution >= 0.6 is 0 Å². The van der Waals surface area contributed by atoms with Gasteiger partial charge < -0.3 is 15.0 Å². The molecule has 0 aromatic heterocycles. The molecule has 0 aromatic carbocycles. The predicted molar refractivity (Wildman–Crippen MR) is 64.7 cm³/mol. The van der Waals surface area contributed by atoms with Crippen molar-refractivity contribution in [1.82, 2.24) is 10.2 Å². The summed E-state index contributed by atoms with van der Waals surface area (Å²) in [6.07, 6.45) is 5.44. The number of hydrogen-bond donors (Lipinski definition) is 1. The lowest BCUT2D eigenvalue weighted by molar-refractivity contribution is -0.134. The second-order valence-electron chi connectivity index (χ2n) is 5.60. The molecule has 96 valence electrons. The molecule has 0 spiro atoms. The molecular formula is C13H22N2O2. The van der Waals surface area contributed by atoms with Crippen LogP contribution in [0.4, 0.5) is 0 Å². The number of nitrogens with zero attached hydrogens (tertiary/aromatic N) is 1. The van der Waals surface area contributed by atoms with Gasteiger partial charge in [-0.15, -0.1) is 0 Å². The lowest BCUT2D eigenvalue weighted by atomic mass is 10.1. The fraction of sp³-hybridized carbons (Fsp3) is 0.923. The van der Waals surface area contributed by atoms with Crippen LogP contribution in [0, 0.1) is 5.92 Å². The molecule has 0 bridgehead atoms. The highest BCUT2D eigenvalue weighted by Crippen LogP contribution is 2.26. The molecule has 0 radical (unpaired) electrons. The SMILES string of the molecule is O=C(CC1CCCCO1)N1C[C@@H]2CCN[C@@H]2C1. The van der Waals surface area contributed by atoms with E-state index < -0.39 is 0 Å². The summed E-state index contributed by atoms with van der Waals surface area (Å²) >= 11 is 0. The van der Waals surface area contributed by atoms with E-state index in [4.69, 9.17) is 4.74 Å². The van der Waals surface area contributed by atoms with Crippen LogP contribution in [0.3, 0.4) is 0 Å². The molecular weight excluding hydrogens is 216 g/mol. The monoisotopic (exact) mass is 238 g/mol. The Labute approximate surface area is 103 Å². The van der Waals surface area contributed by atoms with E-state index in [1.165, 1.54) is 12.8 Å². The van der Waals surface area contributed by atoms with Gasteiger partial charge in [0.05, 0.1) is 12.5 Å². The third-order valence-corrected chi connectivity index (χ3v) is 4.39. The molecule has 3 aliphatic heterocycles. The van der Waals surface area contributed by atoms with Crippen LogP contribution < -0.4 is 5.32 Å². The van der Waals surface area contributed by atoms with E-state index in [-0.39, 0.29) is 6.10 Å². The van der Waals surface area contributed by atoms with Gasteiger partial charge in [-0.25, -0.2) is 0 Å². The zero-order chi connectivity index (χ0) is 11.7. The molecule has 17 heavy (non-hydrogen) atoms. The van der Waals surface area contributed by atoms with Crippen molar-refractivity contribution in [3.8, 4) is 0 Å². The number of hydrogen-bond acceptors (Lipinski definition) is 3. The van der Waals surface area contributed by atoms with E-state index in [2.05, 4.69) is 5.32 Å². The molecule has 1 amide bonds. The van der Waals surface area contributed by atoms with E-state index in [1.807, 2.05) is 4.90 Å². The minimum atomic E-state index is 0.185. The maximum absolute atomic E-state index is 12.2. The number of carbonyl (C=O) groups is 1. The smallest absolute Gasteiger partial charge is 0.225 e. The summed E-state index contributed by atoms with van der Waals surface area (Å²) in [4.78, 5) is 14.2. The summed E-state index contributed by atoms with van der Waals surface area (Å²) in [5.41, 5.74) is 0. The minimum Gasteiger partial charge on any atom is -0.378 e. The van der Waals surface area contributed by atoms with Crippen molar-refractivity contribution in [2.45, 2.75) is 44.2 Å². The Morgan fingerprint density at radius 1 is 1.29 bits per heavy atom. The minimum absolute atomic E-state index is 0.185. The van der Waals surface area contributed by atoms with Crippen LogP contribution in [0.15, 0.2) is 0 Å². The molecule has 1 unspecified atom stereocenters. The van der Waals surface area contributed by atoms with E-state index in [0.717, 1.165) is 39.1 Å². The zero-order valence-electron chi connectivity index (χ0n) is 10.4. The Bertz CT molecular complexity index is 277. The lowest BCUT2D eigenvalue weighted by Crippen LogP contribution is -2.36. The molecule has 3 fully saturated rings. The largest absolute Gasteiger partial charge is 0.378 e. The first-order valence-electron chi connectivity index (χ1n) is 6.95. The first-order chi connectivity index (χ1) is 8.33. The van der Waals surface area contributed by atoms with Crippen LogP contribution in [0.1, 0.15) is 32.1 Å². The normalized spacial score (nSPS) is 37.2. The fourth-order valence-corrected chi connectivity index (χ4v) is 3.35. The van der Waals surface area contributed by atoms with Crippen molar-refractivity contribution < 1.29 is 9.53 Å². The third kappa shape index (κ3) is 2.47. The molecule has 0 aromatic rings. The van der Waals surface area contributed by atoms with Crippen LogP contribution in [-0.4, -0.2) is 49.2 Å². The van der Waals surface area contributed by atoms with Crippen LogP contribution in [-0.2, 0) is 9.53 Å². The van der Waals surface area contributed by atoms with Gasteiger partial charge in [0.2, 0.25) is 5.91 Å². The first-order valence-corrected chi connectivity index (χ1v) is 6.95. The van der Waals surface area contributed by atoms with Crippen molar-refractivity contribution in [2.75, 3.05) is 26.2 Å². The summed E-state index contributed by atoms with van der Waals surface area (Å²) in [6.45, 7) is 3.84. The number of nitrogens with one attached hydrogen (secondary N) is 1. The van der Waals surface area contributed by atoms with Crippen molar-refractivity contribution >= 4 is 5.91 Å². The highest BCUT2D eigenvalue weighted by molar-refractivity contribution is 5.77. The van der Waals surface area contributed by atoms with Gasteiger partial charge in [0.25, 0.3) is 0 Å². The van der Waals surface area contributed by atoms with E-state index in [9.17, 15) is 4.79 Å². The van der Waals surface area contributed by atoms with Gasteiger partial charge in [0.15, 0.2) is 0 Å². The Kier molecular flexibility index (Phi) is 3.34. The highest BCUT2D eigenvalue weighted by Gasteiger charge is 2.38. The predicted octanol–water partition coefficient (Wildman–Crippen LogP) is 0.766. The van der Waals surface area contributed by atoms with Crippen molar-refractivity contribution in [1.29, 1.82) is 0 Å². The van der Waals surface area contributed by atoms with Crippen molar-refractivity contribution in [3.63, 3.8) is 0 Å². The van der Waals surface area contributed by atoms with E-state index in [0.29, 0.717) is 24.3 Å². The average Bonchev–Trinajstić information content (AvgIpc) is 2.90. The summed E-state index contributed by atoms with van der Waals surface area (Å²) < 4.78 is 5.64. The summed E-state index contributed by atoms with van der Waals surface area (Å²) in [5, 5.41) is 3.48. The van der Waals surface area contributed by atoms with Gasteiger partial charge in [0.1, 0.15) is 0 Å². The quantitative estimate of drug-likeness (QED) is 0.772. The maximum Gasteiger partial charge on any atom is 0.225 e. The van der Waals surface area contributed by atoms with Crippen LogP contribution in [0.25, 0.3) is 0 Å². The topological polar surface area (TPSA) is 41.6 Å². The van der Waals surface area contributed by atoms with Crippen molar-refractivity contribution in [2.24, 2.45) is 5.92 Å². The molecule has 1 N–H and O–H groups in total. The Morgan fingerprint density at radius 2 is 2.24 bits per heavy atom. The molecule has 0 aliphatic carbocycles. The van der Waals surface area contributed by atoms with Gasteiger partial charge >= 0.3 is 0 Å². The number of likely N-dealkylation sites (tertiary alicyclic amines) is 1. The summed E-state index contributed by atoms with van der Waals surface area (Å²) in [5.74, 6) is 0.999. The number of fused-ring (bicyclic) bond motifs is 1. The maximum atomic E-state index is 12.2. The Hall–Kier alpha value is -0.610. The standard InChI is InChI=1S/C13H22N2O2/c16-13(7-11-3-1-2-6-17-11)15-8-10-4-5-14-12(10)9-15/h10-12,14H,1-9H2/t10-,11?,12+/m0/s1. The second kappa shape index (κ2) is 4.94. The lowest BCUT2D eigenvalue weighted by Gasteiger charge is -2.25. The molecule has 4 nitrogen and oxygen atoms in total. The second-order valence-corrected chi connectivity index (χ2v) is 5.60. The van der Waals surface area contributed by atoms with Gasteiger partial charge in [-0.3, -0.25) is 4.79 Å². The molecule has 3 heterocycles. The highest BCUT2D eigenvalue weighted by atomic mass is 16.5. The van der Waals surface area contributed by atoms with E-state index in [1.54, 1.807) is 0 Å². The average molecular weight is 238 g/mol. The molecule has 3 atom stereocenters. The molecule has 0 saturated carbocycles. The van der Waals surface area contributed by atoms with Crippen molar-refractivity contribution in [3.05, 3.63) is 0 Å². The zero-order valence-corrected chi connectivity index (χ0v) is 10.4. The first kappa shape index (κ1) is 11.5. The Morgan fingerprint density at radius 3 is 3.00 bits per heavy atom. The summed E-state index contributed by atoms with van der Waals surface area (Å²) in [7, 11) is 0. The number of rotatable bonds is 2. The fourth-order valence-electron chi connectivity index (χ4n) is 3.35. The van der Waals surface area contributed by atoms with Gasteiger partial charge in [0, 0.05) is 25.7 Å².